The summed E-state index contributed by atoms with van der Waals surface area (Å²) in [6.45, 7) is 1.43. The van der Waals surface area contributed by atoms with Crippen LogP contribution in [0.4, 0.5) is 0 Å². The average Bonchev–Trinajstić information content (AvgIpc) is 2.78. The molecule has 1 atom stereocenters. The number of halogens is 1. The molecule has 5 heteroatoms. The second kappa shape index (κ2) is 6.29. The van der Waals surface area contributed by atoms with E-state index in [2.05, 4.69) is 16.9 Å². The molecular formula is C13H16ClN3S. The first-order valence-electron chi connectivity index (χ1n) is 5.75. The topological polar surface area (TPSA) is 42.2 Å². The van der Waals surface area contributed by atoms with Crippen molar-refractivity contribution in [2.24, 2.45) is 5.73 Å². The van der Waals surface area contributed by atoms with E-state index in [0.29, 0.717) is 6.54 Å². The summed E-state index contributed by atoms with van der Waals surface area (Å²) in [7, 11) is 2.07. The van der Waals surface area contributed by atoms with Gasteiger partial charge in [0.05, 0.1) is 10.4 Å². The summed E-state index contributed by atoms with van der Waals surface area (Å²) in [5.41, 5.74) is 7.11. The number of pyridine rings is 1. The maximum absolute atomic E-state index is 5.98. The van der Waals surface area contributed by atoms with Gasteiger partial charge < -0.3 is 5.73 Å². The van der Waals surface area contributed by atoms with Crippen LogP contribution in [-0.2, 0) is 6.54 Å². The largest absolute Gasteiger partial charge is 0.329 e. The Hall–Kier alpha value is -0.940. The molecule has 2 rings (SSSR count). The lowest BCUT2D eigenvalue weighted by atomic mass is 10.2. The summed E-state index contributed by atoms with van der Waals surface area (Å²) < 4.78 is 0.806. The Kier molecular flexibility index (Phi) is 4.72. The zero-order chi connectivity index (χ0) is 13.0. The third kappa shape index (κ3) is 3.29. The van der Waals surface area contributed by atoms with E-state index in [4.69, 9.17) is 17.3 Å². The molecule has 2 N–H and O–H groups in total. The Bertz CT molecular complexity index is 486. The van der Waals surface area contributed by atoms with Crippen LogP contribution in [0.15, 0.2) is 36.7 Å². The molecule has 0 fully saturated rings. The van der Waals surface area contributed by atoms with Crippen molar-refractivity contribution >= 4 is 22.9 Å². The average molecular weight is 282 g/mol. The van der Waals surface area contributed by atoms with Crippen molar-refractivity contribution in [3.63, 3.8) is 0 Å². The van der Waals surface area contributed by atoms with Crippen molar-refractivity contribution in [3.05, 3.63) is 51.4 Å². The molecule has 0 aliphatic carbocycles. The van der Waals surface area contributed by atoms with E-state index in [-0.39, 0.29) is 6.04 Å². The van der Waals surface area contributed by atoms with E-state index in [1.165, 1.54) is 10.4 Å². The molecule has 1 unspecified atom stereocenters. The predicted octanol–water partition coefficient (Wildman–Crippen LogP) is 2.93. The van der Waals surface area contributed by atoms with Gasteiger partial charge in [-0.1, -0.05) is 11.6 Å². The molecule has 0 spiro atoms. The number of rotatable bonds is 5. The van der Waals surface area contributed by atoms with Crippen LogP contribution in [0.2, 0.25) is 4.34 Å². The van der Waals surface area contributed by atoms with Crippen LogP contribution >= 0.6 is 22.9 Å². The first kappa shape index (κ1) is 13.5. The molecule has 0 radical (unpaired) electrons. The summed E-state index contributed by atoms with van der Waals surface area (Å²) in [5.74, 6) is 0. The number of hydrogen-bond acceptors (Lipinski definition) is 4. The van der Waals surface area contributed by atoms with Crippen LogP contribution in [0.25, 0.3) is 0 Å². The van der Waals surface area contributed by atoms with Crippen LogP contribution in [0.1, 0.15) is 16.5 Å². The van der Waals surface area contributed by atoms with Crippen molar-refractivity contribution in [2.45, 2.75) is 12.6 Å². The van der Waals surface area contributed by atoms with E-state index in [1.807, 2.05) is 36.7 Å². The Balaban J connectivity index is 2.08. The second-order valence-corrected chi connectivity index (χ2v) is 5.91. The molecule has 0 aliphatic heterocycles. The zero-order valence-corrected chi connectivity index (χ0v) is 11.8. The van der Waals surface area contributed by atoms with Gasteiger partial charge in [0.15, 0.2) is 0 Å². The van der Waals surface area contributed by atoms with E-state index >= 15 is 0 Å². The molecule has 0 aromatic carbocycles. The highest BCUT2D eigenvalue weighted by Crippen LogP contribution is 2.29. The smallest absolute Gasteiger partial charge is 0.0931 e. The van der Waals surface area contributed by atoms with Crippen molar-refractivity contribution in [2.75, 3.05) is 13.6 Å². The van der Waals surface area contributed by atoms with Gasteiger partial charge in [-0.2, -0.15) is 0 Å². The molecule has 0 aliphatic rings. The predicted molar refractivity (Wildman–Crippen MR) is 76.8 cm³/mol. The maximum atomic E-state index is 5.98. The number of nitrogens with two attached hydrogens (primary N) is 1. The van der Waals surface area contributed by atoms with Crippen molar-refractivity contribution in [3.8, 4) is 0 Å². The fourth-order valence-electron chi connectivity index (χ4n) is 1.91. The quantitative estimate of drug-likeness (QED) is 0.916. The lowest BCUT2D eigenvalue weighted by Crippen LogP contribution is -2.29. The molecule has 0 bridgehead atoms. The first-order valence-corrected chi connectivity index (χ1v) is 6.94. The highest BCUT2D eigenvalue weighted by atomic mass is 35.5. The van der Waals surface area contributed by atoms with Crippen molar-refractivity contribution < 1.29 is 0 Å². The van der Waals surface area contributed by atoms with Crippen molar-refractivity contribution in [1.82, 2.24) is 9.88 Å². The van der Waals surface area contributed by atoms with Crippen LogP contribution in [0.3, 0.4) is 0 Å². The summed E-state index contributed by atoms with van der Waals surface area (Å²) >= 11 is 7.57. The Morgan fingerprint density at radius 3 is 2.61 bits per heavy atom. The fraction of sp³-hybridized carbons (Fsp3) is 0.308. The summed E-state index contributed by atoms with van der Waals surface area (Å²) in [4.78, 5) is 7.46. The zero-order valence-electron chi connectivity index (χ0n) is 10.2. The Morgan fingerprint density at radius 1 is 1.33 bits per heavy atom. The number of thiophene rings is 1. The third-order valence-electron chi connectivity index (χ3n) is 2.86. The Labute approximate surface area is 116 Å². The maximum Gasteiger partial charge on any atom is 0.0931 e. The van der Waals surface area contributed by atoms with Gasteiger partial charge in [-0.25, -0.2) is 0 Å². The molecule has 2 aromatic rings. The lowest BCUT2D eigenvalue weighted by Gasteiger charge is -2.26. The fourth-order valence-corrected chi connectivity index (χ4v) is 3.15. The number of hydrogen-bond donors (Lipinski definition) is 1. The lowest BCUT2D eigenvalue weighted by molar-refractivity contribution is 0.245. The highest BCUT2D eigenvalue weighted by Gasteiger charge is 2.17. The molecule has 3 nitrogen and oxygen atoms in total. The van der Waals surface area contributed by atoms with Gasteiger partial charge in [-0.15, -0.1) is 11.3 Å². The normalized spacial score (nSPS) is 12.9. The monoisotopic (exact) mass is 281 g/mol. The molecule has 0 saturated carbocycles. The molecule has 18 heavy (non-hydrogen) atoms. The molecule has 0 saturated heterocycles. The van der Waals surface area contributed by atoms with E-state index in [1.54, 1.807) is 11.3 Å². The van der Waals surface area contributed by atoms with Crippen LogP contribution < -0.4 is 5.73 Å². The molecule has 2 aromatic heterocycles. The van der Waals surface area contributed by atoms with Gasteiger partial charge in [0.2, 0.25) is 0 Å². The summed E-state index contributed by atoms with van der Waals surface area (Å²) in [6.07, 6.45) is 3.62. The van der Waals surface area contributed by atoms with Gasteiger partial charge in [-0.05, 0) is 36.9 Å². The van der Waals surface area contributed by atoms with Crippen LogP contribution in [0, 0.1) is 0 Å². The molecule has 0 amide bonds. The minimum absolute atomic E-state index is 0.204. The van der Waals surface area contributed by atoms with Crippen LogP contribution in [0.5, 0.6) is 0 Å². The standard InChI is InChI=1S/C13H16ClN3S/c1-17(9-10-4-6-16-7-5-10)11(8-15)12-2-3-13(14)18-12/h2-7,11H,8-9,15H2,1H3. The first-order chi connectivity index (χ1) is 8.70. The van der Waals surface area contributed by atoms with Crippen molar-refractivity contribution in [1.29, 1.82) is 0 Å². The minimum Gasteiger partial charge on any atom is -0.329 e. The van der Waals surface area contributed by atoms with E-state index in [0.717, 1.165) is 10.9 Å². The van der Waals surface area contributed by atoms with Gasteiger partial charge in [-0.3, -0.25) is 9.88 Å². The molecule has 96 valence electrons. The molecule has 2 heterocycles. The Morgan fingerprint density at radius 2 is 2.06 bits per heavy atom. The van der Waals surface area contributed by atoms with Gasteiger partial charge in [0.1, 0.15) is 0 Å². The minimum atomic E-state index is 0.204. The summed E-state index contributed by atoms with van der Waals surface area (Å²) in [5, 5.41) is 0. The number of aromatic nitrogens is 1. The number of likely N-dealkylation sites (N-methyl/N-ethyl adjacent to an activating group) is 1. The van der Waals surface area contributed by atoms with Crippen LogP contribution in [-0.4, -0.2) is 23.5 Å². The SMILES string of the molecule is CN(Cc1ccncc1)C(CN)c1ccc(Cl)s1. The summed E-state index contributed by atoms with van der Waals surface area (Å²) in [6, 6.07) is 8.21. The van der Waals surface area contributed by atoms with Gasteiger partial charge in [0.25, 0.3) is 0 Å². The van der Waals surface area contributed by atoms with E-state index < -0.39 is 0 Å². The van der Waals surface area contributed by atoms with E-state index in [9.17, 15) is 0 Å². The second-order valence-electron chi connectivity index (χ2n) is 4.16. The van der Waals surface area contributed by atoms with Gasteiger partial charge in [0, 0.05) is 30.4 Å². The highest BCUT2D eigenvalue weighted by molar-refractivity contribution is 7.16. The third-order valence-corrected chi connectivity index (χ3v) is 4.19. The molecular weight excluding hydrogens is 266 g/mol. The number of nitrogens with zero attached hydrogens (tertiary/aromatic N) is 2. The van der Waals surface area contributed by atoms with Gasteiger partial charge >= 0.3 is 0 Å².